The molecule has 4 atom stereocenters. The zero-order chi connectivity index (χ0) is 32.0. The van der Waals surface area contributed by atoms with Gasteiger partial charge in [0.1, 0.15) is 35.4 Å². The molecule has 0 bridgehead atoms. The van der Waals surface area contributed by atoms with Crippen LogP contribution in [0.5, 0.6) is 11.5 Å². The average molecular weight is 615 g/mol. The first-order valence-corrected chi connectivity index (χ1v) is 14.6. The van der Waals surface area contributed by atoms with Crippen molar-refractivity contribution in [1.29, 1.82) is 0 Å². The van der Waals surface area contributed by atoms with Gasteiger partial charge < -0.3 is 28.8 Å². The summed E-state index contributed by atoms with van der Waals surface area (Å²) in [7, 11) is 3.22. The molecular weight excluding hydrogens is 576 g/mol. The molecule has 2 heterocycles. The molecule has 1 aromatic heterocycles. The zero-order valence-corrected chi connectivity index (χ0v) is 25.6. The summed E-state index contributed by atoms with van der Waals surface area (Å²) in [6.07, 6.45) is 0.293. The maximum absolute atomic E-state index is 12.9. The van der Waals surface area contributed by atoms with Crippen LogP contribution in [0.2, 0.25) is 0 Å². The maximum Gasteiger partial charge on any atom is 0.328 e. The summed E-state index contributed by atoms with van der Waals surface area (Å²) in [6.45, 7) is 5.56. The van der Waals surface area contributed by atoms with Crippen molar-refractivity contribution in [2.45, 2.75) is 36.9 Å². The van der Waals surface area contributed by atoms with Crippen molar-refractivity contribution in [1.82, 2.24) is 9.55 Å². The van der Waals surface area contributed by atoms with Gasteiger partial charge in [0.05, 0.1) is 40.1 Å². The third-order valence-electron chi connectivity index (χ3n) is 8.08. The van der Waals surface area contributed by atoms with Crippen molar-refractivity contribution in [3.8, 4) is 11.5 Å². The fourth-order valence-electron chi connectivity index (χ4n) is 5.80. The molecule has 0 aliphatic carbocycles. The van der Waals surface area contributed by atoms with Gasteiger partial charge in [-0.2, -0.15) is 0 Å². The van der Waals surface area contributed by atoms with E-state index in [1.807, 2.05) is 78.9 Å². The topological polar surface area (TPSA) is 121 Å². The summed E-state index contributed by atoms with van der Waals surface area (Å²) in [5, 5.41) is 11.7. The second-order valence-corrected chi connectivity index (χ2v) is 10.8. The monoisotopic (exact) mass is 614 g/mol. The predicted octanol–water partition coefficient (Wildman–Crippen LogP) is 3.74. The van der Waals surface area contributed by atoms with E-state index >= 15 is 0 Å². The summed E-state index contributed by atoms with van der Waals surface area (Å²) in [4.78, 5) is 27.3. The molecule has 236 valence electrons. The van der Waals surface area contributed by atoms with Crippen LogP contribution in [0.1, 0.15) is 28.3 Å². The lowest BCUT2D eigenvalue weighted by Gasteiger charge is -2.37. The molecule has 5 rings (SSSR count). The molecule has 10 nitrogen and oxygen atoms in total. The van der Waals surface area contributed by atoms with E-state index in [1.54, 1.807) is 27.2 Å². The van der Waals surface area contributed by atoms with Crippen LogP contribution in [0.3, 0.4) is 0 Å². The van der Waals surface area contributed by atoms with Crippen LogP contribution >= 0.6 is 0 Å². The first-order chi connectivity index (χ1) is 21.8. The van der Waals surface area contributed by atoms with Crippen LogP contribution in [-0.2, 0) is 19.8 Å². The van der Waals surface area contributed by atoms with E-state index in [1.165, 1.54) is 10.8 Å². The molecule has 45 heavy (non-hydrogen) atoms. The van der Waals surface area contributed by atoms with Crippen molar-refractivity contribution in [3.63, 3.8) is 0 Å². The van der Waals surface area contributed by atoms with Gasteiger partial charge in [-0.3, -0.25) is 14.3 Å². The lowest BCUT2D eigenvalue weighted by molar-refractivity contribution is -0.0912. The Morgan fingerprint density at radius 3 is 2.02 bits per heavy atom. The molecule has 0 spiro atoms. The molecule has 1 fully saturated rings. The molecule has 0 saturated carbocycles. The molecule has 3 aromatic carbocycles. The van der Waals surface area contributed by atoms with Crippen LogP contribution < -0.4 is 20.7 Å². The second kappa shape index (κ2) is 14.1. The number of aliphatic hydroxyl groups excluding tert-OH is 1. The van der Waals surface area contributed by atoms with Crippen LogP contribution in [0.15, 0.2) is 107 Å². The number of rotatable bonds is 13. The summed E-state index contributed by atoms with van der Waals surface area (Å²) in [5.41, 5.74) is 0.543. The quantitative estimate of drug-likeness (QED) is 0.133. The Bertz CT molecular complexity index is 1630. The zero-order valence-electron chi connectivity index (χ0n) is 25.6. The van der Waals surface area contributed by atoms with Gasteiger partial charge in [-0.05, 0) is 47.9 Å². The molecule has 1 saturated heterocycles. The van der Waals surface area contributed by atoms with E-state index in [4.69, 9.17) is 23.7 Å². The van der Waals surface area contributed by atoms with E-state index in [0.717, 1.165) is 16.7 Å². The number of aromatic amines is 1. The number of aryl methyl sites for hydroxylation is 1. The number of benzene rings is 3. The standard InChI is InChI=1S/C35H38N2O8/c1-5-19-43-21-29-31(37-20-23(2)33(39)36-34(37)40)32(38)30(45-29)22-44-35(24-9-7-6-8-10-24,25-11-15-27(41-3)16-12-25)26-13-17-28(42-4)18-14-26/h5-18,20,29-32,38H,1,19,21-22H2,2-4H3,(H,36,39,40)/t29-,30-,31-,32-/m0/s1. The second-order valence-electron chi connectivity index (χ2n) is 10.8. The van der Waals surface area contributed by atoms with Gasteiger partial charge in [0.15, 0.2) is 0 Å². The van der Waals surface area contributed by atoms with Gasteiger partial charge >= 0.3 is 5.69 Å². The van der Waals surface area contributed by atoms with Crippen LogP contribution in [0, 0.1) is 6.92 Å². The van der Waals surface area contributed by atoms with Gasteiger partial charge in [0.25, 0.3) is 5.56 Å². The SMILES string of the molecule is C=CCOC[C@@H]1O[C@@H](COC(c2ccccc2)(c2ccc(OC)cc2)c2ccc(OC)cc2)[C@H](O)[C@H]1n1cc(C)c(=O)[nH]c1=O. The minimum absolute atomic E-state index is 0.0559. The Morgan fingerprint density at radius 1 is 0.889 bits per heavy atom. The maximum atomic E-state index is 12.9. The highest BCUT2D eigenvalue weighted by atomic mass is 16.6. The Kier molecular flexibility index (Phi) is 9.99. The molecule has 1 aliphatic rings. The Morgan fingerprint density at radius 2 is 1.47 bits per heavy atom. The minimum atomic E-state index is -1.18. The van der Waals surface area contributed by atoms with E-state index in [-0.39, 0.29) is 19.8 Å². The largest absolute Gasteiger partial charge is 0.497 e. The van der Waals surface area contributed by atoms with Crippen molar-refractivity contribution in [3.05, 3.63) is 141 Å². The summed E-state index contributed by atoms with van der Waals surface area (Å²) in [6, 6.07) is 24.2. The minimum Gasteiger partial charge on any atom is -0.497 e. The van der Waals surface area contributed by atoms with E-state index in [0.29, 0.717) is 17.1 Å². The lowest BCUT2D eigenvalue weighted by atomic mass is 9.80. The van der Waals surface area contributed by atoms with Gasteiger partial charge in [-0.25, -0.2) is 4.79 Å². The van der Waals surface area contributed by atoms with Crippen molar-refractivity contribution in [2.75, 3.05) is 34.0 Å². The molecular formula is C35H38N2O8. The van der Waals surface area contributed by atoms with Gasteiger partial charge in [-0.1, -0.05) is 60.7 Å². The predicted molar refractivity (Wildman–Crippen MR) is 169 cm³/mol. The number of hydrogen-bond acceptors (Lipinski definition) is 8. The number of nitrogens with zero attached hydrogens (tertiary/aromatic N) is 1. The Labute approximate surface area is 261 Å². The normalized spacial score (nSPS) is 19.7. The highest BCUT2D eigenvalue weighted by Gasteiger charge is 2.47. The first kappa shape index (κ1) is 31.9. The van der Waals surface area contributed by atoms with Crippen molar-refractivity contribution < 1.29 is 28.8 Å². The molecule has 2 N–H and O–H groups in total. The summed E-state index contributed by atoms with van der Waals surface area (Å²) >= 11 is 0. The summed E-state index contributed by atoms with van der Waals surface area (Å²) < 4.78 is 31.2. The lowest BCUT2D eigenvalue weighted by Crippen LogP contribution is -2.42. The Hall–Kier alpha value is -4.48. The van der Waals surface area contributed by atoms with Crippen LogP contribution in [0.4, 0.5) is 0 Å². The van der Waals surface area contributed by atoms with Gasteiger partial charge in [-0.15, -0.1) is 6.58 Å². The molecule has 10 heteroatoms. The van der Waals surface area contributed by atoms with Gasteiger partial charge in [0.2, 0.25) is 0 Å². The van der Waals surface area contributed by atoms with E-state index in [9.17, 15) is 14.7 Å². The van der Waals surface area contributed by atoms with Crippen molar-refractivity contribution in [2.24, 2.45) is 0 Å². The van der Waals surface area contributed by atoms with Crippen molar-refractivity contribution >= 4 is 0 Å². The first-order valence-electron chi connectivity index (χ1n) is 14.6. The number of aliphatic hydroxyl groups is 1. The smallest absolute Gasteiger partial charge is 0.328 e. The van der Waals surface area contributed by atoms with Gasteiger partial charge in [0, 0.05) is 11.8 Å². The number of nitrogens with one attached hydrogen (secondary N) is 1. The number of aromatic nitrogens is 2. The molecule has 0 unspecified atom stereocenters. The number of hydrogen-bond donors (Lipinski definition) is 2. The van der Waals surface area contributed by atoms with E-state index in [2.05, 4.69) is 11.6 Å². The number of H-pyrrole nitrogens is 1. The fourth-order valence-corrected chi connectivity index (χ4v) is 5.80. The van der Waals surface area contributed by atoms with Crippen LogP contribution in [-0.4, -0.2) is 67.0 Å². The number of ether oxygens (including phenoxy) is 5. The molecule has 1 aliphatic heterocycles. The number of methoxy groups -OCH3 is 2. The third-order valence-corrected chi connectivity index (χ3v) is 8.08. The third kappa shape index (κ3) is 6.50. The molecule has 0 radical (unpaired) electrons. The fraction of sp³-hybridized carbons (Fsp3) is 0.314. The highest BCUT2D eigenvalue weighted by Crippen LogP contribution is 2.43. The molecule has 0 amide bonds. The molecule has 4 aromatic rings. The van der Waals surface area contributed by atoms with Crippen LogP contribution in [0.25, 0.3) is 0 Å². The Balaban J connectivity index is 1.57. The summed E-state index contributed by atoms with van der Waals surface area (Å²) in [5.74, 6) is 1.38. The highest BCUT2D eigenvalue weighted by molar-refractivity contribution is 5.49. The average Bonchev–Trinajstić information content (AvgIpc) is 3.38. The van der Waals surface area contributed by atoms with E-state index < -0.39 is 41.2 Å².